The van der Waals surface area contributed by atoms with Gasteiger partial charge in [0.25, 0.3) is 5.91 Å². The molecule has 0 aliphatic carbocycles. The van der Waals surface area contributed by atoms with Gasteiger partial charge in [-0.3, -0.25) is 4.79 Å². The first-order valence-electron chi connectivity index (χ1n) is 11.0. The Morgan fingerprint density at radius 1 is 1.22 bits per heavy atom. The average molecular weight is 455 g/mol. The normalized spacial score (nSPS) is 22.4. The summed E-state index contributed by atoms with van der Waals surface area (Å²) in [6.45, 7) is 3.00. The monoisotopic (exact) mass is 454 g/mol. The first-order valence-corrected chi connectivity index (χ1v) is 12.8. The lowest BCUT2D eigenvalue weighted by Crippen LogP contribution is -2.32. The lowest BCUT2D eigenvalue weighted by Gasteiger charge is -2.15. The van der Waals surface area contributed by atoms with Crippen LogP contribution in [0.3, 0.4) is 0 Å². The van der Waals surface area contributed by atoms with Crippen molar-refractivity contribution in [1.29, 1.82) is 0 Å². The highest BCUT2D eigenvalue weighted by Gasteiger charge is 2.32. The van der Waals surface area contributed by atoms with Crippen LogP contribution in [0.5, 0.6) is 0 Å². The summed E-state index contributed by atoms with van der Waals surface area (Å²) in [4.78, 5) is 22.5. The Balaban J connectivity index is 1.60. The number of sulfone groups is 1. The minimum atomic E-state index is -3.07. The summed E-state index contributed by atoms with van der Waals surface area (Å²) in [6.07, 6.45) is 2.49. The van der Waals surface area contributed by atoms with Crippen LogP contribution < -0.4 is 5.32 Å². The number of aryl methyl sites for hydroxylation is 1. The van der Waals surface area contributed by atoms with Crippen molar-refractivity contribution in [2.24, 2.45) is 0 Å². The third-order valence-corrected chi connectivity index (χ3v) is 7.98. The number of hydrogen-bond donors (Lipinski definition) is 1. The van der Waals surface area contributed by atoms with Gasteiger partial charge < -0.3 is 14.6 Å². The Bertz CT molecular complexity index is 1260. The number of hydrogen-bond acceptors (Lipinski definition) is 6. The van der Waals surface area contributed by atoms with E-state index in [1.54, 1.807) is 0 Å². The van der Waals surface area contributed by atoms with Crippen molar-refractivity contribution in [3.63, 3.8) is 0 Å². The highest BCUT2D eigenvalue weighted by molar-refractivity contribution is 7.91. The van der Waals surface area contributed by atoms with Crippen LogP contribution in [0.15, 0.2) is 36.4 Å². The standard InChI is InChI=1S/C23H26N4O4S/c1-15-25-21-20(27(15)17-9-11-32(29,30)14-17)12-19(16-6-3-2-4-7-16)26-22(21)23(28)24-13-18-8-5-10-31-18/h2-4,6-7,12,17-18H,5,8-11,13-14H2,1H3,(H,24,28). The minimum Gasteiger partial charge on any atom is -0.376 e. The number of nitrogens with zero attached hydrogens (tertiary/aromatic N) is 3. The maximum absolute atomic E-state index is 13.2. The number of aromatic nitrogens is 3. The van der Waals surface area contributed by atoms with E-state index in [2.05, 4.69) is 15.3 Å². The van der Waals surface area contributed by atoms with Crippen LogP contribution in [0, 0.1) is 6.92 Å². The lowest BCUT2D eigenvalue weighted by atomic mass is 10.1. The fourth-order valence-electron chi connectivity index (χ4n) is 4.66. The molecule has 2 atom stereocenters. The molecule has 0 bridgehead atoms. The number of fused-ring (bicyclic) bond motifs is 1. The van der Waals surface area contributed by atoms with Gasteiger partial charge in [-0.1, -0.05) is 30.3 Å². The molecule has 4 heterocycles. The fraction of sp³-hybridized carbons (Fsp3) is 0.435. The Hall–Kier alpha value is -2.78. The van der Waals surface area contributed by atoms with Crippen LogP contribution in [-0.2, 0) is 14.6 Å². The van der Waals surface area contributed by atoms with Crippen molar-refractivity contribution in [1.82, 2.24) is 19.9 Å². The zero-order chi connectivity index (χ0) is 22.3. The van der Waals surface area contributed by atoms with Crippen molar-refractivity contribution in [3.05, 3.63) is 47.9 Å². The first-order chi connectivity index (χ1) is 15.4. The molecule has 2 saturated heterocycles. The van der Waals surface area contributed by atoms with E-state index >= 15 is 0 Å². The van der Waals surface area contributed by atoms with E-state index in [9.17, 15) is 13.2 Å². The van der Waals surface area contributed by atoms with Crippen molar-refractivity contribution in [2.75, 3.05) is 24.7 Å². The molecule has 0 radical (unpaired) electrons. The molecule has 32 heavy (non-hydrogen) atoms. The van der Waals surface area contributed by atoms with Gasteiger partial charge >= 0.3 is 0 Å². The molecule has 2 unspecified atom stereocenters. The van der Waals surface area contributed by atoms with E-state index in [0.717, 1.165) is 30.5 Å². The number of nitrogens with one attached hydrogen (secondary N) is 1. The Morgan fingerprint density at radius 3 is 2.72 bits per heavy atom. The molecule has 168 valence electrons. The van der Waals surface area contributed by atoms with E-state index in [0.29, 0.717) is 30.0 Å². The van der Waals surface area contributed by atoms with Gasteiger partial charge in [0.05, 0.1) is 34.9 Å². The smallest absolute Gasteiger partial charge is 0.272 e. The average Bonchev–Trinajstić information content (AvgIpc) is 3.50. The number of pyridine rings is 1. The molecule has 0 spiro atoms. The Kier molecular flexibility index (Phi) is 5.46. The number of carbonyl (C=O) groups excluding carboxylic acids is 1. The summed E-state index contributed by atoms with van der Waals surface area (Å²) in [5.41, 5.74) is 3.02. The molecular formula is C23H26N4O4S. The molecule has 8 nitrogen and oxygen atoms in total. The maximum Gasteiger partial charge on any atom is 0.272 e. The van der Waals surface area contributed by atoms with Crippen molar-refractivity contribution < 1.29 is 17.9 Å². The van der Waals surface area contributed by atoms with Gasteiger partial charge in [-0.25, -0.2) is 18.4 Å². The SMILES string of the molecule is Cc1nc2c(C(=O)NCC3CCCO3)nc(-c3ccccc3)cc2n1C1CCS(=O)(=O)C1. The minimum absolute atomic E-state index is 0.0229. The first kappa shape index (κ1) is 21.1. The summed E-state index contributed by atoms with van der Waals surface area (Å²) >= 11 is 0. The molecular weight excluding hydrogens is 428 g/mol. The molecule has 5 rings (SSSR count). The molecule has 2 aliphatic rings. The lowest BCUT2D eigenvalue weighted by molar-refractivity contribution is 0.0855. The zero-order valence-electron chi connectivity index (χ0n) is 18.0. The maximum atomic E-state index is 13.2. The molecule has 1 amide bonds. The second kappa shape index (κ2) is 8.29. The summed E-state index contributed by atoms with van der Waals surface area (Å²) in [6, 6.07) is 11.4. The van der Waals surface area contributed by atoms with Crippen LogP contribution in [0.2, 0.25) is 0 Å². The molecule has 0 saturated carbocycles. The highest BCUT2D eigenvalue weighted by Crippen LogP contribution is 2.32. The third-order valence-electron chi connectivity index (χ3n) is 6.23. The number of amides is 1. The predicted octanol–water partition coefficient (Wildman–Crippen LogP) is 2.68. The van der Waals surface area contributed by atoms with E-state index in [4.69, 9.17) is 4.74 Å². The molecule has 1 aromatic carbocycles. The van der Waals surface area contributed by atoms with E-state index in [-0.39, 0.29) is 35.3 Å². The van der Waals surface area contributed by atoms with Gasteiger partial charge in [0.1, 0.15) is 11.3 Å². The second-order valence-electron chi connectivity index (χ2n) is 8.52. The predicted molar refractivity (Wildman–Crippen MR) is 121 cm³/mol. The number of ether oxygens (including phenoxy) is 1. The molecule has 2 aromatic heterocycles. The van der Waals surface area contributed by atoms with Gasteiger partial charge in [0.15, 0.2) is 15.5 Å². The molecule has 2 fully saturated rings. The number of imidazole rings is 1. The Labute approximate surface area is 186 Å². The van der Waals surface area contributed by atoms with E-state index in [1.807, 2.05) is 47.9 Å². The van der Waals surface area contributed by atoms with Gasteiger partial charge in [-0.2, -0.15) is 0 Å². The van der Waals surface area contributed by atoms with E-state index in [1.165, 1.54) is 0 Å². The van der Waals surface area contributed by atoms with Gasteiger partial charge in [0.2, 0.25) is 0 Å². The zero-order valence-corrected chi connectivity index (χ0v) is 18.8. The summed E-state index contributed by atoms with van der Waals surface area (Å²) in [5.74, 6) is 0.639. The topological polar surface area (TPSA) is 103 Å². The van der Waals surface area contributed by atoms with Crippen LogP contribution in [0.1, 0.15) is 41.6 Å². The quantitative estimate of drug-likeness (QED) is 0.636. The van der Waals surface area contributed by atoms with Crippen LogP contribution in [0.4, 0.5) is 0 Å². The van der Waals surface area contributed by atoms with Crippen LogP contribution >= 0.6 is 0 Å². The van der Waals surface area contributed by atoms with Gasteiger partial charge in [-0.05, 0) is 32.3 Å². The fourth-order valence-corrected chi connectivity index (χ4v) is 6.36. The van der Waals surface area contributed by atoms with Crippen LogP contribution in [-0.4, -0.2) is 59.6 Å². The van der Waals surface area contributed by atoms with Gasteiger partial charge in [-0.15, -0.1) is 0 Å². The largest absolute Gasteiger partial charge is 0.376 e. The molecule has 1 N–H and O–H groups in total. The molecule has 3 aromatic rings. The van der Waals surface area contributed by atoms with Crippen molar-refractivity contribution in [2.45, 2.75) is 38.3 Å². The Morgan fingerprint density at radius 2 is 2.03 bits per heavy atom. The van der Waals surface area contributed by atoms with Gasteiger partial charge in [0, 0.05) is 18.7 Å². The summed E-state index contributed by atoms with van der Waals surface area (Å²) < 4.78 is 31.9. The van der Waals surface area contributed by atoms with Crippen molar-refractivity contribution in [3.8, 4) is 11.3 Å². The van der Waals surface area contributed by atoms with Crippen LogP contribution in [0.25, 0.3) is 22.3 Å². The number of benzene rings is 1. The highest BCUT2D eigenvalue weighted by atomic mass is 32.2. The third kappa shape index (κ3) is 4.02. The summed E-state index contributed by atoms with van der Waals surface area (Å²) in [5, 5.41) is 2.95. The number of rotatable bonds is 5. The van der Waals surface area contributed by atoms with E-state index < -0.39 is 9.84 Å². The number of carbonyl (C=O) groups is 1. The summed E-state index contributed by atoms with van der Waals surface area (Å²) in [7, 11) is -3.07. The molecule has 2 aliphatic heterocycles. The molecule has 9 heteroatoms. The van der Waals surface area contributed by atoms with Crippen molar-refractivity contribution >= 4 is 26.8 Å². The second-order valence-corrected chi connectivity index (χ2v) is 10.7.